The van der Waals surface area contributed by atoms with Crippen LogP contribution in [0.4, 0.5) is 0 Å². The highest BCUT2D eigenvalue weighted by Gasteiger charge is 2.28. The predicted octanol–water partition coefficient (Wildman–Crippen LogP) is 3.32. The van der Waals surface area contributed by atoms with E-state index in [1.165, 1.54) is 0 Å². The third-order valence-electron chi connectivity index (χ3n) is 5.95. The highest BCUT2D eigenvalue weighted by Crippen LogP contribution is 2.21. The first kappa shape index (κ1) is 22.2. The number of hydrogen-bond acceptors (Lipinski definition) is 4. The molecule has 1 unspecified atom stereocenters. The molecule has 2 aromatic rings. The second-order valence-electron chi connectivity index (χ2n) is 8.50. The van der Waals surface area contributed by atoms with Crippen molar-refractivity contribution in [3.63, 3.8) is 0 Å². The van der Waals surface area contributed by atoms with E-state index in [2.05, 4.69) is 29.4 Å². The Bertz CT molecular complexity index is 939. The number of H-pyrrole nitrogens is 1. The molecule has 0 saturated carbocycles. The summed E-state index contributed by atoms with van der Waals surface area (Å²) in [4.78, 5) is 27.2. The van der Waals surface area contributed by atoms with Crippen molar-refractivity contribution in [2.75, 3.05) is 13.1 Å². The topological polar surface area (TPSA) is 83.0 Å². The maximum Gasteiger partial charge on any atom is 0.242 e. The average Bonchev–Trinajstić information content (AvgIpc) is 3.08. The van der Waals surface area contributed by atoms with Crippen molar-refractivity contribution in [2.24, 2.45) is 11.8 Å². The fourth-order valence-corrected chi connectivity index (χ4v) is 3.72. The molecule has 0 spiro atoms. The van der Waals surface area contributed by atoms with E-state index in [4.69, 9.17) is 12.2 Å². The van der Waals surface area contributed by atoms with E-state index in [-0.39, 0.29) is 30.3 Å². The van der Waals surface area contributed by atoms with Gasteiger partial charge >= 0.3 is 0 Å². The summed E-state index contributed by atoms with van der Waals surface area (Å²) in [5.41, 5.74) is 2.07. The minimum absolute atomic E-state index is 0.00438. The first-order valence-electron chi connectivity index (χ1n) is 10.6. The van der Waals surface area contributed by atoms with Crippen LogP contribution in [0.3, 0.4) is 0 Å². The second kappa shape index (κ2) is 9.55. The van der Waals surface area contributed by atoms with Gasteiger partial charge in [0.1, 0.15) is 6.54 Å². The van der Waals surface area contributed by atoms with E-state index in [1.54, 1.807) is 4.57 Å². The van der Waals surface area contributed by atoms with Crippen LogP contribution in [0.2, 0.25) is 0 Å². The third-order valence-corrected chi connectivity index (χ3v) is 6.26. The average molecular weight is 430 g/mol. The molecule has 2 amide bonds. The maximum atomic E-state index is 12.9. The Labute approximate surface area is 182 Å². The van der Waals surface area contributed by atoms with Gasteiger partial charge in [-0.15, -0.1) is 0 Å². The van der Waals surface area contributed by atoms with Crippen molar-refractivity contribution in [1.29, 1.82) is 0 Å². The van der Waals surface area contributed by atoms with Gasteiger partial charge in [-0.1, -0.05) is 43.7 Å². The van der Waals surface area contributed by atoms with E-state index in [0.29, 0.717) is 42.4 Å². The Morgan fingerprint density at radius 3 is 2.43 bits per heavy atom. The fourth-order valence-electron chi connectivity index (χ4n) is 3.52. The van der Waals surface area contributed by atoms with Crippen molar-refractivity contribution < 1.29 is 9.59 Å². The van der Waals surface area contributed by atoms with Crippen LogP contribution < -0.4 is 5.32 Å². The summed E-state index contributed by atoms with van der Waals surface area (Å²) in [5, 5.41) is 10.2. The number of nitrogens with one attached hydrogen (secondary N) is 2. The summed E-state index contributed by atoms with van der Waals surface area (Å²) in [5.74, 6) is 1.12. The van der Waals surface area contributed by atoms with Crippen molar-refractivity contribution in [3.8, 4) is 11.4 Å². The lowest BCUT2D eigenvalue weighted by molar-refractivity contribution is -0.136. The van der Waals surface area contributed by atoms with E-state index in [1.807, 2.05) is 43.0 Å². The Balaban J connectivity index is 1.61. The number of aromatic amines is 1. The van der Waals surface area contributed by atoms with Crippen molar-refractivity contribution in [1.82, 2.24) is 25.0 Å². The lowest BCUT2D eigenvalue weighted by Crippen LogP contribution is -2.46. The molecule has 1 aliphatic rings. The first-order valence-corrected chi connectivity index (χ1v) is 11.0. The van der Waals surface area contributed by atoms with E-state index in [0.717, 1.165) is 11.1 Å². The number of carbonyl (C=O) groups excluding carboxylic acids is 2. The van der Waals surface area contributed by atoms with Gasteiger partial charge in [-0.05, 0) is 44.8 Å². The van der Waals surface area contributed by atoms with Crippen LogP contribution in [0, 0.1) is 23.5 Å². The van der Waals surface area contributed by atoms with Gasteiger partial charge in [0.2, 0.25) is 11.8 Å². The van der Waals surface area contributed by atoms with Gasteiger partial charge in [-0.2, -0.15) is 5.10 Å². The molecule has 8 heteroatoms. The first-order chi connectivity index (χ1) is 14.3. The number of carbonyl (C=O) groups is 2. The minimum atomic E-state index is -0.0329. The number of rotatable bonds is 6. The molecule has 1 aliphatic heterocycles. The van der Waals surface area contributed by atoms with E-state index < -0.39 is 0 Å². The summed E-state index contributed by atoms with van der Waals surface area (Å²) < 4.78 is 2.17. The number of aromatic nitrogens is 3. The number of piperidine rings is 1. The molecule has 0 radical (unpaired) electrons. The van der Waals surface area contributed by atoms with Crippen LogP contribution in [-0.2, 0) is 16.1 Å². The van der Waals surface area contributed by atoms with Gasteiger partial charge < -0.3 is 10.2 Å². The molecule has 1 aromatic carbocycles. The normalized spacial score (nSPS) is 16.0. The lowest BCUT2D eigenvalue weighted by atomic mass is 9.94. The van der Waals surface area contributed by atoms with E-state index >= 15 is 0 Å². The number of likely N-dealkylation sites (tertiary alicyclic amines) is 1. The molecule has 7 nitrogen and oxygen atoms in total. The summed E-state index contributed by atoms with van der Waals surface area (Å²) in [6.45, 7) is 9.55. The zero-order valence-corrected chi connectivity index (χ0v) is 19.0. The quantitative estimate of drug-likeness (QED) is 0.690. The summed E-state index contributed by atoms with van der Waals surface area (Å²) in [6.07, 6.45) is 1.37. The molecule has 30 heavy (non-hydrogen) atoms. The van der Waals surface area contributed by atoms with Gasteiger partial charge in [0.05, 0.1) is 0 Å². The van der Waals surface area contributed by atoms with Crippen LogP contribution in [0.25, 0.3) is 11.4 Å². The van der Waals surface area contributed by atoms with Crippen molar-refractivity contribution in [3.05, 3.63) is 34.6 Å². The Morgan fingerprint density at radius 1 is 1.20 bits per heavy atom. The smallest absolute Gasteiger partial charge is 0.242 e. The predicted molar refractivity (Wildman–Crippen MR) is 119 cm³/mol. The van der Waals surface area contributed by atoms with Gasteiger partial charge in [-0.25, -0.2) is 0 Å². The molecule has 162 valence electrons. The molecule has 1 saturated heterocycles. The number of amides is 2. The molecular weight excluding hydrogens is 398 g/mol. The van der Waals surface area contributed by atoms with Crippen LogP contribution in [0.5, 0.6) is 0 Å². The molecule has 1 fully saturated rings. The van der Waals surface area contributed by atoms with Crippen LogP contribution in [0.15, 0.2) is 24.3 Å². The molecule has 2 N–H and O–H groups in total. The second-order valence-corrected chi connectivity index (χ2v) is 8.89. The molecule has 0 bridgehead atoms. The molecule has 0 aliphatic carbocycles. The standard InChI is InChI=1S/C22H31N5O2S/c1-14(2)16(4)23-21(29)18-9-11-26(12-10-18)19(28)13-27-20(24-25-22(27)30)17-7-5-15(3)6-8-17/h5-8,14,16,18H,9-13H2,1-4H3,(H,23,29)(H,25,30). The number of benzene rings is 1. The summed E-state index contributed by atoms with van der Waals surface area (Å²) in [7, 11) is 0. The van der Waals surface area contributed by atoms with Crippen LogP contribution >= 0.6 is 12.2 Å². The zero-order chi connectivity index (χ0) is 21.8. The third kappa shape index (κ3) is 5.16. The minimum Gasteiger partial charge on any atom is -0.353 e. The number of aryl methyl sites for hydroxylation is 1. The number of hydrogen-bond donors (Lipinski definition) is 2. The fraction of sp³-hybridized carbons (Fsp3) is 0.545. The van der Waals surface area contributed by atoms with Gasteiger partial charge in [0, 0.05) is 30.6 Å². The highest BCUT2D eigenvalue weighted by atomic mass is 32.1. The van der Waals surface area contributed by atoms with Gasteiger partial charge in [-0.3, -0.25) is 19.3 Å². The SMILES string of the molecule is Cc1ccc(-c2n[nH]c(=S)n2CC(=O)N2CCC(C(=O)NC(C)C(C)C)CC2)cc1. The van der Waals surface area contributed by atoms with Gasteiger partial charge in [0.25, 0.3) is 0 Å². The Hall–Kier alpha value is -2.48. The Morgan fingerprint density at radius 2 is 1.83 bits per heavy atom. The number of nitrogens with zero attached hydrogens (tertiary/aromatic N) is 3. The van der Waals surface area contributed by atoms with Gasteiger partial charge in [0.15, 0.2) is 10.6 Å². The molecule has 2 heterocycles. The molecule has 1 aromatic heterocycles. The summed E-state index contributed by atoms with van der Waals surface area (Å²) >= 11 is 5.35. The monoisotopic (exact) mass is 429 g/mol. The van der Waals surface area contributed by atoms with Crippen LogP contribution in [0.1, 0.15) is 39.2 Å². The molecule has 1 atom stereocenters. The summed E-state index contributed by atoms with van der Waals surface area (Å²) in [6, 6.07) is 8.12. The molecular formula is C22H31N5O2S. The zero-order valence-electron chi connectivity index (χ0n) is 18.1. The highest BCUT2D eigenvalue weighted by molar-refractivity contribution is 7.71. The van der Waals surface area contributed by atoms with Crippen molar-refractivity contribution >= 4 is 24.0 Å². The lowest BCUT2D eigenvalue weighted by Gasteiger charge is -2.32. The maximum absolute atomic E-state index is 12.9. The Kier molecular flexibility index (Phi) is 7.07. The van der Waals surface area contributed by atoms with Crippen LogP contribution in [-0.4, -0.2) is 50.6 Å². The largest absolute Gasteiger partial charge is 0.353 e. The van der Waals surface area contributed by atoms with E-state index in [9.17, 15) is 9.59 Å². The molecule has 3 rings (SSSR count). The van der Waals surface area contributed by atoms with Crippen molar-refractivity contribution in [2.45, 2.75) is 53.1 Å².